The molecule has 0 bridgehead atoms. The standard InChI is InChI=1S/C12H12N2O2S/c1-8-10(6-12(15)16)17-11(14-8)5-9-3-2-4-13-7-9/h2-4,7H,5-6H2,1H3,(H,15,16). The van der Waals surface area contributed by atoms with E-state index in [9.17, 15) is 4.79 Å². The van der Waals surface area contributed by atoms with Crippen LogP contribution in [0.15, 0.2) is 24.5 Å². The summed E-state index contributed by atoms with van der Waals surface area (Å²) in [6.45, 7) is 1.85. The summed E-state index contributed by atoms with van der Waals surface area (Å²) in [5.74, 6) is -0.815. The van der Waals surface area contributed by atoms with Gasteiger partial charge in [0, 0.05) is 23.7 Å². The first-order valence-corrected chi connectivity index (χ1v) is 6.02. The Kier molecular flexibility index (Phi) is 3.49. The fourth-order valence-corrected chi connectivity index (χ4v) is 2.64. The Bertz CT molecular complexity index is 523. The smallest absolute Gasteiger partial charge is 0.308 e. The van der Waals surface area contributed by atoms with Gasteiger partial charge >= 0.3 is 5.97 Å². The van der Waals surface area contributed by atoms with Crippen molar-refractivity contribution in [2.24, 2.45) is 0 Å². The van der Waals surface area contributed by atoms with Crippen molar-refractivity contribution >= 4 is 17.3 Å². The minimum absolute atomic E-state index is 0.0521. The minimum Gasteiger partial charge on any atom is -0.481 e. The van der Waals surface area contributed by atoms with Gasteiger partial charge in [0.2, 0.25) is 0 Å². The highest BCUT2D eigenvalue weighted by atomic mass is 32.1. The minimum atomic E-state index is -0.815. The number of thiazole rings is 1. The molecule has 0 aliphatic heterocycles. The summed E-state index contributed by atoms with van der Waals surface area (Å²) >= 11 is 1.46. The van der Waals surface area contributed by atoms with Crippen LogP contribution in [0.5, 0.6) is 0 Å². The zero-order chi connectivity index (χ0) is 12.3. The van der Waals surface area contributed by atoms with E-state index in [2.05, 4.69) is 9.97 Å². The van der Waals surface area contributed by atoms with Gasteiger partial charge in [-0.15, -0.1) is 11.3 Å². The van der Waals surface area contributed by atoms with Crippen molar-refractivity contribution in [3.8, 4) is 0 Å². The molecule has 1 N–H and O–H groups in total. The van der Waals surface area contributed by atoms with E-state index in [1.807, 2.05) is 19.1 Å². The Morgan fingerprint density at radius 3 is 3.00 bits per heavy atom. The van der Waals surface area contributed by atoms with E-state index in [0.29, 0.717) is 6.42 Å². The number of nitrogens with zero attached hydrogens (tertiary/aromatic N) is 2. The maximum atomic E-state index is 10.7. The third-order valence-corrected chi connectivity index (χ3v) is 3.48. The molecule has 5 heteroatoms. The molecule has 0 fully saturated rings. The van der Waals surface area contributed by atoms with E-state index in [-0.39, 0.29) is 6.42 Å². The van der Waals surface area contributed by atoms with Crippen LogP contribution in [-0.2, 0) is 17.6 Å². The summed E-state index contributed by atoms with van der Waals surface area (Å²) in [5, 5.41) is 9.70. The van der Waals surface area contributed by atoms with Crippen molar-refractivity contribution in [1.82, 2.24) is 9.97 Å². The first-order valence-electron chi connectivity index (χ1n) is 5.21. The van der Waals surface area contributed by atoms with E-state index in [0.717, 1.165) is 21.1 Å². The number of aliphatic carboxylic acids is 1. The molecular formula is C12H12N2O2S. The maximum absolute atomic E-state index is 10.7. The predicted octanol–water partition coefficient (Wildman–Crippen LogP) is 2.06. The van der Waals surface area contributed by atoms with Crippen molar-refractivity contribution in [1.29, 1.82) is 0 Å². The summed E-state index contributed by atoms with van der Waals surface area (Å²) in [6, 6.07) is 3.87. The number of carboxylic acid groups (broad SMARTS) is 1. The van der Waals surface area contributed by atoms with Crippen molar-refractivity contribution in [2.75, 3.05) is 0 Å². The molecule has 2 heterocycles. The number of pyridine rings is 1. The van der Waals surface area contributed by atoms with E-state index in [4.69, 9.17) is 5.11 Å². The molecule has 4 nitrogen and oxygen atoms in total. The SMILES string of the molecule is Cc1nc(Cc2cccnc2)sc1CC(=O)O. The molecule has 0 atom stereocenters. The Labute approximate surface area is 103 Å². The molecule has 2 aromatic heterocycles. The molecule has 88 valence electrons. The van der Waals surface area contributed by atoms with Gasteiger partial charge in [-0.1, -0.05) is 6.07 Å². The molecular weight excluding hydrogens is 236 g/mol. The van der Waals surface area contributed by atoms with E-state index in [1.54, 1.807) is 12.4 Å². The Morgan fingerprint density at radius 2 is 2.35 bits per heavy atom. The Balaban J connectivity index is 2.15. The van der Waals surface area contributed by atoms with E-state index in [1.165, 1.54) is 11.3 Å². The average Bonchev–Trinajstić information content (AvgIpc) is 2.59. The second-order valence-corrected chi connectivity index (χ2v) is 4.89. The van der Waals surface area contributed by atoms with E-state index >= 15 is 0 Å². The van der Waals surface area contributed by atoms with Gasteiger partial charge in [-0.25, -0.2) is 4.98 Å². The third-order valence-electron chi connectivity index (χ3n) is 2.33. The number of aromatic nitrogens is 2. The lowest BCUT2D eigenvalue weighted by molar-refractivity contribution is -0.136. The van der Waals surface area contributed by atoms with Crippen LogP contribution in [0.1, 0.15) is 21.1 Å². The van der Waals surface area contributed by atoms with Crippen molar-refractivity contribution in [3.63, 3.8) is 0 Å². The first-order chi connectivity index (χ1) is 8.15. The second kappa shape index (κ2) is 5.05. The zero-order valence-corrected chi connectivity index (χ0v) is 10.2. The van der Waals surface area contributed by atoms with E-state index < -0.39 is 5.97 Å². The lowest BCUT2D eigenvalue weighted by atomic mass is 10.2. The van der Waals surface area contributed by atoms with Crippen LogP contribution >= 0.6 is 11.3 Å². The first kappa shape index (κ1) is 11.7. The van der Waals surface area contributed by atoms with Crippen molar-refractivity contribution in [3.05, 3.63) is 45.7 Å². The number of carboxylic acids is 1. The molecule has 0 saturated carbocycles. The van der Waals surface area contributed by atoms with Gasteiger partial charge in [0.05, 0.1) is 17.1 Å². The maximum Gasteiger partial charge on any atom is 0.308 e. The Hall–Kier alpha value is -1.75. The van der Waals surface area contributed by atoms with Gasteiger partial charge in [-0.05, 0) is 18.6 Å². The molecule has 0 aliphatic rings. The van der Waals surface area contributed by atoms with Gasteiger partial charge in [-0.2, -0.15) is 0 Å². The highest BCUT2D eigenvalue weighted by Gasteiger charge is 2.11. The number of carbonyl (C=O) groups is 1. The van der Waals surface area contributed by atoms with Crippen LogP contribution in [0.25, 0.3) is 0 Å². The Morgan fingerprint density at radius 1 is 1.53 bits per heavy atom. The normalized spacial score (nSPS) is 10.4. The molecule has 2 aromatic rings. The topological polar surface area (TPSA) is 63.1 Å². The molecule has 0 amide bonds. The van der Waals surface area contributed by atoms with Crippen LogP contribution in [0.3, 0.4) is 0 Å². The third kappa shape index (κ3) is 3.10. The van der Waals surface area contributed by atoms with Gasteiger partial charge in [0.25, 0.3) is 0 Å². The summed E-state index contributed by atoms with van der Waals surface area (Å²) in [5.41, 5.74) is 1.90. The van der Waals surface area contributed by atoms with Gasteiger partial charge < -0.3 is 5.11 Å². The summed E-state index contributed by atoms with van der Waals surface area (Å²) in [7, 11) is 0. The second-order valence-electron chi connectivity index (χ2n) is 3.72. The highest BCUT2D eigenvalue weighted by molar-refractivity contribution is 7.11. The summed E-state index contributed by atoms with van der Waals surface area (Å²) in [4.78, 5) is 19.9. The largest absolute Gasteiger partial charge is 0.481 e. The molecule has 0 saturated heterocycles. The predicted molar refractivity (Wildman–Crippen MR) is 65.2 cm³/mol. The molecule has 0 radical (unpaired) electrons. The molecule has 0 spiro atoms. The fourth-order valence-electron chi connectivity index (χ4n) is 1.54. The molecule has 0 aliphatic carbocycles. The lowest BCUT2D eigenvalue weighted by Gasteiger charge is -1.95. The molecule has 0 unspecified atom stereocenters. The summed E-state index contributed by atoms with van der Waals surface area (Å²) in [6.07, 6.45) is 4.29. The van der Waals surface area contributed by atoms with Crippen LogP contribution < -0.4 is 0 Å². The zero-order valence-electron chi connectivity index (χ0n) is 9.38. The molecule has 2 rings (SSSR count). The lowest BCUT2D eigenvalue weighted by Crippen LogP contribution is -1.99. The number of rotatable bonds is 4. The van der Waals surface area contributed by atoms with Gasteiger partial charge in [0.1, 0.15) is 0 Å². The fraction of sp³-hybridized carbons (Fsp3) is 0.250. The highest BCUT2D eigenvalue weighted by Crippen LogP contribution is 2.21. The number of aryl methyl sites for hydroxylation is 1. The molecule has 0 aromatic carbocycles. The van der Waals surface area contributed by atoms with Crippen molar-refractivity contribution in [2.45, 2.75) is 19.8 Å². The average molecular weight is 248 g/mol. The summed E-state index contributed by atoms with van der Waals surface area (Å²) < 4.78 is 0. The number of hydrogen-bond donors (Lipinski definition) is 1. The van der Waals surface area contributed by atoms with Crippen LogP contribution in [0.4, 0.5) is 0 Å². The molecule has 17 heavy (non-hydrogen) atoms. The van der Waals surface area contributed by atoms with Crippen molar-refractivity contribution < 1.29 is 9.90 Å². The number of hydrogen-bond acceptors (Lipinski definition) is 4. The van der Waals surface area contributed by atoms with Crippen LogP contribution in [0, 0.1) is 6.92 Å². The van der Waals surface area contributed by atoms with Crippen LogP contribution in [-0.4, -0.2) is 21.0 Å². The monoisotopic (exact) mass is 248 g/mol. The van der Waals surface area contributed by atoms with Crippen LogP contribution in [0.2, 0.25) is 0 Å². The van der Waals surface area contributed by atoms with Gasteiger partial charge in [-0.3, -0.25) is 9.78 Å². The van der Waals surface area contributed by atoms with Gasteiger partial charge in [0.15, 0.2) is 0 Å². The quantitative estimate of drug-likeness (QED) is 0.899.